The zero-order chi connectivity index (χ0) is 11.8. The Kier molecular flexibility index (Phi) is 2.34. The molecule has 0 spiro atoms. The van der Waals surface area contributed by atoms with Gasteiger partial charge < -0.3 is 5.32 Å². The fraction of sp³-hybridized carbons (Fsp3) is 0.0769. The predicted molar refractivity (Wildman–Crippen MR) is 71.6 cm³/mol. The molecule has 1 heterocycles. The third-order valence-corrected chi connectivity index (χ3v) is 2.99. The van der Waals surface area contributed by atoms with E-state index >= 15 is 0 Å². The van der Waals surface area contributed by atoms with Gasteiger partial charge in [-0.2, -0.15) is 0 Å². The van der Waals surface area contributed by atoms with Crippen LogP contribution in [0.4, 0.5) is 5.82 Å². The van der Waals surface area contributed by atoms with Crippen LogP contribution in [0.3, 0.4) is 0 Å². The van der Waals surface area contributed by atoms with Crippen LogP contribution in [-0.2, 0) is 0 Å². The largest absolute Gasteiger partial charge is 0.371 e. The van der Waals surface area contributed by atoms with Crippen molar-refractivity contribution in [1.82, 2.24) is 9.97 Å². The molecule has 0 fully saturated rings. The summed E-state index contributed by atoms with van der Waals surface area (Å²) in [5, 5.41) is 5.62. The van der Waals surface area contributed by atoms with Crippen LogP contribution in [0.2, 0.25) is 5.15 Å². The molecular formula is C13H10ClN3. The van der Waals surface area contributed by atoms with Crippen LogP contribution in [0.1, 0.15) is 0 Å². The minimum Gasteiger partial charge on any atom is -0.371 e. The van der Waals surface area contributed by atoms with Gasteiger partial charge in [0.15, 0.2) is 11.0 Å². The molecule has 0 amide bonds. The van der Waals surface area contributed by atoms with E-state index in [4.69, 9.17) is 11.6 Å². The summed E-state index contributed by atoms with van der Waals surface area (Å²) in [7, 11) is 1.78. The number of nitrogens with one attached hydrogen (secondary N) is 1. The van der Waals surface area contributed by atoms with E-state index in [9.17, 15) is 0 Å². The SMILES string of the molecule is CNc1nc2cc3ccccc3cc2nc1Cl. The molecule has 3 aromatic rings. The molecule has 84 valence electrons. The van der Waals surface area contributed by atoms with Gasteiger partial charge in [0.1, 0.15) is 0 Å². The van der Waals surface area contributed by atoms with Crippen molar-refractivity contribution in [2.75, 3.05) is 12.4 Å². The summed E-state index contributed by atoms with van der Waals surface area (Å²) in [4.78, 5) is 8.77. The number of fused-ring (bicyclic) bond motifs is 2. The summed E-state index contributed by atoms with van der Waals surface area (Å²) in [6, 6.07) is 12.2. The molecule has 1 aromatic heterocycles. The number of rotatable bonds is 1. The van der Waals surface area contributed by atoms with Crippen LogP contribution in [-0.4, -0.2) is 17.0 Å². The Balaban J connectivity index is 2.40. The van der Waals surface area contributed by atoms with Crippen LogP contribution in [0.15, 0.2) is 36.4 Å². The highest BCUT2D eigenvalue weighted by Crippen LogP contribution is 2.24. The molecule has 0 aliphatic heterocycles. The molecule has 3 rings (SSSR count). The summed E-state index contributed by atoms with van der Waals surface area (Å²) in [6.07, 6.45) is 0. The Morgan fingerprint density at radius 1 is 1.00 bits per heavy atom. The molecular weight excluding hydrogens is 234 g/mol. The van der Waals surface area contributed by atoms with Gasteiger partial charge in [-0.05, 0) is 22.9 Å². The minimum absolute atomic E-state index is 0.398. The Morgan fingerprint density at radius 3 is 2.18 bits per heavy atom. The Labute approximate surface area is 103 Å². The van der Waals surface area contributed by atoms with E-state index in [1.54, 1.807) is 7.05 Å². The molecule has 0 saturated heterocycles. The third kappa shape index (κ3) is 1.68. The maximum atomic E-state index is 6.02. The highest BCUT2D eigenvalue weighted by Gasteiger charge is 2.06. The standard InChI is InChI=1S/C13H10ClN3/c1-15-13-12(14)16-10-6-8-4-2-3-5-9(8)7-11(10)17-13/h2-7H,1H3,(H,15,17). The van der Waals surface area contributed by atoms with Gasteiger partial charge in [-0.25, -0.2) is 9.97 Å². The molecule has 0 saturated carbocycles. The number of aromatic nitrogens is 2. The van der Waals surface area contributed by atoms with E-state index in [-0.39, 0.29) is 0 Å². The highest BCUT2D eigenvalue weighted by molar-refractivity contribution is 6.32. The van der Waals surface area contributed by atoms with Crippen molar-refractivity contribution in [2.24, 2.45) is 0 Å². The second-order valence-electron chi connectivity index (χ2n) is 3.80. The minimum atomic E-state index is 0.398. The second kappa shape index (κ2) is 3.86. The van der Waals surface area contributed by atoms with E-state index in [1.165, 1.54) is 0 Å². The Hall–Kier alpha value is -1.87. The van der Waals surface area contributed by atoms with Gasteiger partial charge in [-0.3, -0.25) is 0 Å². The first kappa shape index (κ1) is 10.3. The Bertz CT molecular complexity index is 709. The lowest BCUT2D eigenvalue weighted by Gasteiger charge is -2.05. The van der Waals surface area contributed by atoms with Crippen molar-refractivity contribution in [3.63, 3.8) is 0 Å². The molecule has 1 N–H and O–H groups in total. The summed E-state index contributed by atoms with van der Waals surface area (Å²) >= 11 is 6.02. The zero-order valence-corrected chi connectivity index (χ0v) is 9.99. The van der Waals surface area contributed by atoms with Crippen LogP contribution in [0, 0.1) is 0 Å². The first-order valence-electron chi connectivity index (χ1n) is 5.32. The van der Waals surface area contributed by atoms with Gasteiger partial charge in [0, 0.05) is 7.05 Å². The summed E-state index contributed by atoms with van der Waals surface area (Å²) in [5.41, 5.74) is 1.66. The topological polar surface area (TPSA) is 37.8 Å². The van der Waals surface area contributed by atoms with Crippen molar-refractivity contribution in [1.29, 1.82) is 0 Å². The number of anilines is 1. The van der Waals surface area contributed by atoms with Crippen LogP contribution >= 0.6 is 11.6 Å². The number of nitrogens with zero attached hydrogens (tertiary/aromatic N) is 2. The smallest absolute Gasteiger partial charge is 0.172 e. The van der Waals surface area contributed by atoms with E-state index in [0.29, 0.717) is 11.0 Å². The Morgan fingerprint density at radius 2 is 1.59 bits per heavy atom. The van der Waals surface area contributed by atoms with Crippen molar-refractivity contribution in [3.05, 3.63) is 41.6 Å². The van der Waals surface area contributed by atoms with Crippen molar-refractivity contribution < 1.29 is 0 Å². The van der Waals surface area contributed by atoms with Gasteiger partial charge in [-0.1, -0.05) is 35.9 Å². The number of hydrogen-bond donors (Lipinski definition) is 1. The molecule has 0 bridgehead atoms. The molecule has 0 radical (unpaired) electrons. The molecule has 0 aliphatic rings. The molecule has 0 aliphatic carbocycles. The van der Waals surface area contributed by atoms with Gasteiger partial charge in [0.2, 0.25) is 0 Å². The lowest BCUT2D eigenvalue weighted by atomic mass is 10.1. The molecule has 0 atom stereocenters. The van der Waals surface area contributed by atoms with Crippen molar-refractivity contribution >= 4 is 39.2 Å². The average molecular weight is 244 g/mol. The normalized spacial score (nSPS) is 10.9. The average Bonchev–Trinajstić information content (AvgIpc) is 2.35. The summed E-state index contributed by atoms with van der Waals surface area (Å²) in [6.45, 7) is 0. The number of benzene rings is 2. The van der Waals surface area contributed by atoms with Gasteiger partial charge in [0.05, 0.1) is 11.0 Å². The molecule has 3 nitrogen and oxygen atoms in total. The van der Waals surface area contributed by atoms with Crippen molar-refractivity contribution in [3.8, 4) is 0 Å². The quantitative estimate of drug-likeness (QED) is 0.665. The van der Waals surface area contributed by atoms with Gasteiger partial charge >= 0.3 is 0 Å². The first-order valence-corrected chi connectivity index (χ1v) is 5.69. The maximum absolute atomic E-state index is 6.02. The molecule has 0 unspecified atom stereocenters. The fourth-order valence-corrected chi connectivity index (χ4v) is 2.11. The number of hydrogen-bond acceptors (Lipinski definition) is 3. The molecule has 17 heavy (non-hydrogen) atoms. The lowest BCUT2D eigenvalue weighted by Crippen LogP contribution is -1.96. The lowest BCUT2D eigenvalue weighted by molar-refractivity contribution is 1.27. The van der Waals surface area contributed by atoms with Crippen LogP contribution in [0.25, 0.3) is 21.8 Å². The zero-order valence-electron chi connectivity index (χ0n) is 9.24. The van der Waals surface area contributed by atoms with E-state index in [2.05, 4.69) is 27.4 Å². The van der Waals surface area contributed by atoms with E-state index in [1.807, 2.05) is 24.3 Å². The van der Waals surface area contributed by atoms with Crippen molar-refractivity contribution in [2.45, 2.75) is 0 Å². The monoisotopic (exact) mass is 243 g/mol. The van der Waals surface area contributed by atoms with Gasteiger partial charge in [-0.15, -0.1) is 0 Å². The maximum Gasteiger partial charge on any atom is 0.172 e. The van der Waals surface area contributed by atoms with Gasteiger partial charge in [0.25, 0.3) is 0 Å². The highest BCUT2D eigenvalue weighted by atomic mass is 35.5. The molecule has 2 aromatic carbocycles. The van der Waals surface area contributed by atoms with Crippen LogP contribution < -0.4 is 5.32 Å². The fourth-order valence-electron chi connectivity index (χ4n) is 1.88. The molecule has 4 heteroatoms. The second-order valence-corrected chi connectivity index (χ2v) is 4.16. The van der Waals surface area contributed by atoms with E-state index in [0.717, 1.165) is 21.8 Å². The summed E-state index contributed by atoms with van der Waals surface area (Å²) < 4.78 is 0. The summed E-state index contributed by atoms with van der Waals surface area (Å²) in [5.74, 6) is 0.606. The van der Waals surface area contributed by atoms with E-state index < -0.39 is 0 Å². The van der Waals surface area contributed by atoms with Crippen LogP contribution in [0.5, 0.6) is 0 Å². The third-order valence-electron chi connectivity index (χ3n) is 2.73. The first-order chi connectivity index (χ1) is 8.28. The predicted octanol–water partition coefficient (Wildman–Crippen LogP) is 3.48. The number of halogens is 1.